The molecule has 0 saturated carbocycles. The molecule has 0 spiro atoms. The van der Waals surface area contributed by atoms with Crippen LogP contribution in [0.2, 0.25) is 0 Å². The van der Waals surface area contributed by atoms with Crippen LogP contribution in [0.3, 0.4) is 0 Å². The Morgan fingerprint density at radius 1 is 0.912 bits per heavy atom. The lowest BCUT2D eigenvalue weighted by Gasteiger charge is -2.39. The molecule has 3 atom stereocenters. The minimum Gasteiger partial charge on any atom is -0.339 e. The van der Waals surface area contributed by atoms with Gasteiger partial charge in [0.15, 0.2) is 5.16 Å². The number of carbonyl (C=O) groups is 2. The van der Waals surface area contributed by atoms with Gasteiger partial charge < -0.3 is 9.80 Å². The van der Waals surface area contributed by atoms with E-state index >= 15 is 0 Å². The summed E-state index contributed by atoms with van der Waals surface area (Å²) in [5, 5.41) is 9.56. The van der Waals surface area contributed by atoms with Gasteiger partial charge in [0.05, 0.1) is 16.8 Å². The SMILES string of the molecule is C[C@@H]1CCC[C@H](C)N1C(=O)Cn1c2ccccc2n2c(SCC(=O)N3CCCC[C@@H]3C)nnc12. The number of rotatable bonds is 5. The van der Waals surface area contributed by atoms with Crippen LogP contribution in [0.25, 0.3) is 16.8 Å². The number of amides is 2. The lowest BCUT2D eigenvalue weighted by Crippen LogP contribution is -2.48. The van der Waals surface area contributed by atoms with E-state index in [0.29, 0.717) is 22.7 Å². The van der Waals surface area contributed by atoms with Crippen molar-refractivity contribution < 1.29 is 9.59 Å². The predicted molar refractivity (Wildman–Crippen MR) is 134 cm³/mol. The highest BCUT2D eigenvalue weighted by Crippen LogP contribution is 2.28. The number of piperidine rings is 2. The molecule has 9 heteroatoms. The van der Waals surface area contributed by atoms with Crippen LogP contribution in [0.1, 0.15) is 59.3 Å². The van der Waals surface area contributed by atoms with Gasteiger partial charge in [-0.2, -0.15) is 0 Å². The Hall–Kier alpha value is -2.55. The largest absolute Gasteiger partial charge is 0.339 e. The number of carbonyl (C=O) groups excluding carboxylic acids is 2. The number of benzene rings is 1. The zero-order valence-corrected chi connectivity index (χ0v) is 21.1. The Kier molecular flexibility index (Phi) is 6.55. The van der Waals surface area contributed by atoms with Gasteiger partial charge in [0.2, 0.25) is 17.6 Å². The summed E-state index contributed by atoms with van der Waals surface area (Å²) in [6, 6.07) is 8.82. The van der Waals surface area contributed by atoms with Crippen LogP contribution >= 0.6 is 11.8 Å². The van der Waals surface area contributed by atoms with E-state index in [9.17, 15) is 9.59 Å². The van der Waals surface area contributed by atoms with Crippen molar-refractivity contribution in [1.29, 1.82) is 0 Å². The van der Waals surface area contributed by atoms with E-state index in [2.05, 4.69) is 31.0 Å². The molecule has 2 amide bonds. The third kappa shape index (κ3) is 4.19. The summed E-state index contributed by atoms with van der Waals surface area (Å²) in [7, 11) is 0. The van der Waals surface area contributed by atoms with Crippen molar-refractivity contribution >= 4 is 40.4 Å². The molecule has 1 aromatic carbocycles. The zero-order valence-electron chi connectivity index (χ0n) is 20.3. The number of hydrogen-bond donors (Lipinski definition) is 0. The van der Waals surface area contributed by atoms with Crippen molar-refractivity contribution in [2.45, 2.75) is 89.1 Å². The van der Waals surface area contributed by atoms with Crippen molar-refractivity contribution in [3.8, 4) is 0 Å². The number of nitrogens with zero attached hydrogens (tertiary/aromatic N) is 6. The first kappa shape index (κ1) is 23.2. The molecule has 0 aliphatic carbocycles. The summed E-state index contributed by atoms with van der Waals surface area (Å²) in [5.41, 5.74) is 1.91. The van der Waals surface area contributed by atoms with Crippen molar-refractivity contribution in [2.75, 3.05) is 12.3 Å². The first-order valence-corrected chi connectivity index (χ1v) is 13.5. The van der Waals surface area contributed by atoms with Gasteiger partial charge in [-0.1, -0.05) is 23.9 Å². The molecular weight excluding hydrogens is 448 g/mol. The molecule has 8 nitrogen and oxygen atoms in total. The first-order chi connectivity index (χ1) is 16.5. The fraction of sp³-hybridized carbons (Fsp3) is 0.600. The molecule has 2 saturated heterocycles. The maximum Gasteiger partial charge on any atom is 0.243 e. The molecule has 0 N–H and O–H groups in total. The van der Waals surface area contributed by atoms with Crippen LogP contribution in [0.4, 0.5) is 0 Å². The maximum absolute atomic E-state index is 13.4. The van der Waals surface area contributed by atoms with Gasteiger partial charge >= 0.3 is 0 Å². The molecule has 3 aromatic rings. The molecule has 4 heterocycles. The second-order valence-electron chi connectivity index (χ2n) is 9.84. The summed E-state index contributed by atoms with van der Waals surface area (Å²) in [5.74, 6) is 1.26. The molecule has 34 heavy (non-hydrogen) atoms. The summed E-state index contributed by atoms with van der Waals surface area (Å²) >= 11 is 1.43. The first-order valence-electron chi connectivity index (χ1n) is 12.5. The molecule has 2 aliphatic rings. The Bertz CT molecular complexity index is 1190. The van der Waals surface area contributed by atoms with Gasteiger partial charge in [0.1, 0.15) is 6.54 Å². The molecule has 182 valence electrons. The van der Waals surface area contributed by atoms with Gasteiger partial charge in [0, 0.05) is 24.7 Å². The average molecular weight is 483 g/mol. The Morgan fingerprint density at radius 2 is 1.62 bits per heavy atom. The summed E-state index contributed by atoms with van der Waals surface area (Å²) < 4.78 is 3.96. The van der Waals surface area contributed by atoms with Gasteiger partial charge in [-0.3, -0.25) is 18.6 Å². The standard InChI is InChI=1S/C25H34N6O2S/c1-17-9-6-7-14-28(17)23(33)16-34-25-27-26-24-29(20-12-4-5-13-21(20)31(24)25)15-22(32)30-18(2)10-8-11-19(30)3/h4-5,12-13,17-19H,6-11,14-16H2,1-3H3/t17-,18-,19+/m0/s1. The normalized spacial score (nSPS) is 23.7. The zero-order chi connectivity index (χ0) is 23.8. The van der Waals surface area contributed by atoms with Crippen molar-refractivity contribution in [1.82, 2.24) is 29.0 Å². The minimum absolute atomic E-state index is 0.120. The topological polar surface area (TPSA) is 75.7 Å². The Labute approximate surface area is 204 Å². The van der Waals surface area contributed by atoms with Crippen molar-refractivity contribution in [3.63, 3.8) is 0 Å². The highest BCUT2D eigenvalue weighted by molar-refractivity contribution is 7.99. The molecule has 0 radical (unpaired) electrons. The third-order valence-corrected chi connectivity index (χ3v) is 8.41. The van der Waals surface area contributed by atoms with E-state index in [1.54, 1.807) is 0 Å². The molecular formula is C25H34N6O2S. The van der Waals surface area contributed by atoms with E-state index in [0.717, 1.165) is 43.3 Å². The Morgan fingerprint density at radius 3 is 2.35 bits per heavy atom. The molecule has 0 bridgehead atoms. The van der Waals surface area contributed by atoms with Gasteiger partial charge in [-0.05, 0) is 71.4 Å². The van der Waals surface area contributed by atoms with E-state index in [4.69, 9.17) is 0 Å². The number of para-hydroxylation sites is 2. The second-order valence-corrected chi connectivity index (χ2v) is 10.8. The van der Waals surface area contributed by atoms with Crippen molar-refractivity contribution in [3.05, 3.63) is 24.3 Å². The minimum atomic E-state index is 0.120. The average Bonchev–Trinajstić information content (AvgIpc) is 3.37. The van der Waals surface area contributed by atoms with E-state index < -0.39 is 0 Å². The molecule has 2 aromatic heterocycles. The summed E-state index contributed by atoms with van der Waals surface area (Å²) in [4.78, 5) is 30.3. The number of likely N-dealkylation sites (tertiary alicyclic amines) is 2. The lowest BCUT2D eigenvalue weighted by molar-refractivity contribution is -0.137. The van der Waals surface area contributed by atoms with Crippen LogP contribution in [-0.4, -0.2) is 71.2 Å². The number of imidazole rings is 1. The number of aromatic nitrogens is 4. The second kappa shape index (κ2) is 9.60. The van der Waals surface area contributed by atoms with E-state index in [-0.39, 0.29) is 30.4 Å². The maximum atomic E-state index is 13.4. The van der Waals surface area contributed by atoms with Crippen LogP contribution < -0.4 is 0 Å². The smallest absolute Gasteiger partial charge is 0.243 e. The number of fused-ring (bicyclic) bond motifs is 3. The van der Waals surface area contributed by atoms with Crippen LogP contribution in [0.5, 0.6) is 0 Å². The highest BCUT2D eigenvalue weighted by atomic mass is 32.2. The number of thioether (sulfide) groups is 1. The molecule has 0 unspecified atom stereocenters. The van der Waals surface area contributed by atoms with Gasteiger partial charge in [-0.25, -0.2) is 0 Å². The van der Waals surface area contributed by atoms with Crippen LogP contribution in [0.15, 0.2) is 29.4 Å². The number of hydrogen-bond acceptors (Lipinski definition) is 5. The Balaban J connectivity index is 1.41. The van der Waals surface area contributed by atoms with Crippen LogP contribution in [0, 0.1) is 0 Å². The highest BCUT2D eigenvalue weighted by Gasteiger charge is 2.30. The molecule has 5 rings (SSSR count). The third-order valence-electron chi connectivity index (χ3n) is 7.49. The monoisotopic (exact) mass is 482 g/mol. The fourth-order valence-electron chi connectivity index (χ4n) is 5.69. The fourth-order valence-corrected chi connectivity index (χ4v) is 6.52. The van der Waals surface area contributed by atoms with E-state index in [1.807, 2.05) is 43.0 Å². The summed E-state index contributed by atoms with van der Waals surface area (Å²) in [6.45, 7) is 7.49. The summed E-state index contributed by atoms with van der Waals surface area (Å²) in [6.07, 6.45) is 6.60. The lowest BCUT2D eigenvalue weighted by atomic mass is 9.97. The molecule has 2 aliphatic heterocycles. The van der Waals surface area contributed by atoms with Crippen LogP contribution in [-0.2, 0) is 16.1 Å². The van der Waals surface area contributed by atoms with Gasteiger partial charge in [-0.15, -0.1) is 10.2 Å². The predicted octanol–water partition coefficient (Wildman–Crippen LogP) is 3.97. The van der Waals surface area contributed by atoms with Gasteiger partial charge in [0.25, 0.3) is 0 Å². The van der Waals surface area contributed by atoms with E-state index in [1.165, 1.54) is 24.6 Å². The quantitative estimate of drug-likeness (QED) is 0.515. The van der Waals surface area contributed by atoms with Crippen molar-refractivity contribution in [2.24, 2.45) is 0 Å². The molecule has 2 fully saturated rings.